The molecular formula is C12H17N3O3S. The molecule has 3 rings (SSSR count). The van der Waals surface area contributed by atoms with E-state index >= 15 is 0 Å². The number of aromatic nitrogens is 1. The number of sulfonamides is 1. The van der Waals surface area contributed by atoms with Gasteiger partial charge in [0.15, 0.2) is 0 Å². The molecule has 2 heterocycles. The van der Waals surface area contributed by atoms with Crippen LogP contribution in [0.3, 0.4) is 0 Å². The second-order valence-electron chi connectivity index (χ2n) is 5.11. The average Bonchev–Trinajstić information content (AvgIpc) is 3.10. The molecule has 7 heteroatoms. The van der Waals surface area contributed by atoms with Crippen molar-refractivity contribution in [2.75, 3.05) is 12.3 Å². The Bertz CT molecular complexity index is 571. The van der Waals surface area contributed by atoms with E-state index in [1.165, 1.54) is 18.3 Å². The molecule has 0 amide bonds. The number of hydrogen-bond acceptors (Lipinski definition) is 5. The molecule has 1 aliphatic heterocycles. The van der Waals surface area contributed by atoms with Crippen LogP contribution < -0.4 is 10.5 Å². The normalized spacial score (nSPS) is 27.6. The summed E-state index contributed by atoms with van der Waals surface area (Å²) in [6, 6.07) is 2.68. The minimum Gasteiger partial charge on any atom is -0.384 e. The maximum atomic E-state index is 12.3. The van der Waals surface area contributed by atoms with Crippen LogP contribution in [0.5, 0.6) is 0 Å². The Morgan fingerprint density at radius 2 is 2.16 bits per heavy atom. The molecule has 0 radical (unpaired) electrons. The summed E-state index contributed by atoms with van der Waals surface area (Å²) in [7, 11) is -3.55. The van der Waals surface area contributed by atoms with E-state index in [2.05, 4.69) is 9.71 Å². The number of nitrogens with zero attached hydrogens (tertiary/aromatic N) is 1. The Hall–Kier alpha value is -1.18. The molecule has 1 aromatic heterocycles. The zero-order valence-electron chi connectivity index (χ0n) is 10.5. The third-order valence-electron chi connectivity index (χ3n) is 3.59. The minimum absolute atomic E-state index is 0.0222. The second-order valence-corrected chi connectivity index (χ2v) is 6.82. The highest BCUT2D eigenvalue weighted by Crippen LogP contribution is 2.39. The maximum Gasteiger partial charge on any atom is 0.241 e. The molecule has 0 aromatic carbocycles. The van der Waals surface area contributed by atoms with Gasteiger partial charge in [-0.15, -0.1) is 0 Å². The fourth-order valence-corrected chi connectivity index (χ4v) is 3.79. The van der Waals surface area contributed by atoms with Crippen LogP contribution in [0.4, 0.5) is 5.82 Å². The van der Waals surface area contributed by atoms with Crippen molar-refractivity contribution in [2.24, 2.45) is 5.92 Å². The Morgan fingerprint density at radius 1 is 1.37 bits per heavy atom. The van der Waals surface area contributed by atoms with Crippen LogP contribution in [0, 0.1) is 5.92 Å². The highest BCUT2D eigenvalue weighted by Gasteiger charge is 2.42. The van der Waals surface area contributed by atoms with Gasteiger partial charge in [0, 0.05) is 18.9 Å². The quantitative estimate of drug-likeness (QED) is 0.839. The lowest BCUT2D eigenvalue weighted by molar-refractivity contribution is 0.0848. The molecule has 104 valence electrons. The van der Waals surface area contributed by atoms with Gasteiger partial charge in [-0.05, 0) is 31.2 Å². The van der Waals surface area contributed by atoms with E-state index in [-0.39, 0.29) is 22.9 Å². The summed E-state index contributed by atoms with van der Waals surface area (Å²) in [6.07, 6.45) is 4.40. The van der Waals surface area contributed by atoms with Crippen molar-refractivity contribution < 1.29 is 13.2 Å². The molecule has 1 aliphatic carbocycles. The van der Waals surface area contributed by atoms with Crippen molar-refractivity contribution in [1.29, 1.82) is 0 Å². The predicted octanol–water partition coefficient (Wildman–Crippen LogP) is 0.510. The van der Waals surface area contributed by atoms with Gasteiger partial charge in [-0.25, -0.2) is 18.1 Å². The molecule has 2 atom stereocenters. The van der Waals surface area contributed by atoms with E-state index in [4.69, 9.17) is 10.5 Å². The van der Waals surface area contributed by atoms with Crippen LogP contribution in [0.15, 0.2) is 23.2 Å². The van der Waals surface area contributed by atoms with Crippen LogP contribution in [0.2, 0.25) is 0 Å². The summed E-state index contributed by atoms with van der Waals surface area (Å²) >= 11 is 0. The number of ether oxygens (including phenoxy) is 1. The number of nitrogens with one attached hydrogen (secondary N) is 1. The van der Waals surface area contributed by atoms with E-state index < -0.39 is 10.0 Å². The van der Waals surface area contributed by atoms with Crippen LogP contribution in [0.1, 0.15) is 19.3 Å². The molecule has 2 unspecified atom stereocenters. The minimum atomic E-state index is -3.55. The van der Waals surface area contributed by atoms with Crippen LogP contribution in [0.25, 0.3) is 0 Å². The Balaban J connectivity index is 1.77. The lowest BCUT2D eigenvalue weighted by Gasteiger charge is -2.19. The summed E-state index contributed by atoms with van der Waals surface area (Å²) in [5.41, 5.74) is 5.52. The first kappa shape index (κ1) is 12.8. The van der Waals surface area contributed by atoms with E-state index in [0.29, 0.717) is 12.5 Å². The van der Waals surface area contributed by atoms with Gasteiger partial charge in [0.25, 0.3) is 0 Å². The topological polar surface area (TPSA) is 94.3 Å². The summed E-state index contributed by atoms with van der Waals surface area (Å²) < 4.78 is 32.9. The van der Waals surface area contributed by atoms with Gasteiger partial charge >= 0.3 is 0 Å². The van der Waals surface area contributed by atoms with Crippen LogP contribution in [-0.2, 0) is 14.8 Å². The van der Waals surface area contributed by atoms with Gasteiger partial charge in [-0.1, -0.05) is 0 Å². The summed E-state index contributed by atoms with van der Waals surface area (Å²) in [5, 5.41) is 0. The highest BCUT2D eigenvalue weighted by atomic mass is 32.2. The van der Waals surface area contributed by atoms with Crippen LogP contribution >= 0.6 is 0 Å². The maximum absolute atomic E-state index is 12.3. The average molecular weight is 283 g/mol. The number of pyridine rings is 1. The summed E-state index contributed by atoms with van der Waals surface area (Å²) in [5.74, 6) is 0.710. The Kier molecular flexibility index (Phi) is 3.20. The standard InChI is InChI=1S/C12H17N3O3S/c13-11-7-9(3-5-14-11)19(16,17)15-10-4-6-18-12(10)8-1-2-8/h3,5,7-8,10,12,15H,1-2,4,6H2,(H2,13,14). The highest BCUT2D eigenvalue weighted by molar-refractivity contribution is 7.89. The first-order chi connectivity index (χ1) is 9.06. The predicted molar refractivity (Wildman–Crippen MR) is 69.8 cm³/mol. The summed E-state index contributed by atoms with van der Waals surface area (Å²) in [4.78, 5) is 3.95. The SMILES string of the molecule is Nc1cc(S(=O)(=O)NC2CCOC2C2CC2)ccn1. The Morgan fingerprint density at radius 3 is 2.84 bits per heavy atom. The number of hydrogen-bond donors (Lipinski definition) is 2. The van der Waals surface area contributed by atoms with E-state index in [1.54, 1.807) is 0 Å². The first-order valence-electron chi connectivity index (χ1n) is 6.42. The monoisotopic (exact) mass is 283 g/mol. The lowest BCUT2D eigenvalue weighted by Crippen LogP contribution is -2.41. The van der Waals surface area contributed by atoms with Crippen LogP contribution in [-0.4, -0.2) is 32.2 Å². The molecule has 0 bridgehead atoms. The van der Waals surface area contributed by atoms with Gasteiger partial charge < -0.3 is 10.5 Å². The van der Waals surface area contributed by atoms with Crippen molar-refractivity contribution in [3.63, 3.8) is 0 Å². The smallest absolute Gasteiger partial charge is 0.241 e. The van der Waals surface area contributed by atoms with Gasteiger partial charge in [-0.2, -0.15) is 0 Å². The van der Waals surface area contributed by atoms with E-state index in [0.717, 1.165) is 19.3 Å². The molecule has 6 nitrogen and oxygen atoms in total. The number of anilines is 1. The molecule has 1 aromatic rings. The summed E-state index contributed by atoms with van der Waals surface area (Å²) in [6.45, 7) is 0.618. The number of rotatable bonds is 4. The lowest BCUT2D eigenvalue weighted by atomic mass is 10.1. The fourth-order valence-electron chi connectivity index (χ4n) is 2.49. The number of nitrogens with two attached hydrogens (primary N) is 1. The zero-order chi connectivity index (χ0) is 13.5. The van der Waals surface area contributed by atoms with Gasteiger partial charge in [-0.3, -0.25) is 0 Å². The molecule has 3 N–H and O–H groups in total. The number of nitrogen functional groups attached to an aromatic ring is 1. The second kappa shape index (κ2) is 4.73. The van der Waals surface area contributed by atoms with Crippen molar-refractivity contribution in [1.82, 2.24) is 9.71 Å². The molecule has 2 aliphatic rings. The molecule has 1 saturated heterocycles. The van der Waals surface area contributed by atoms with Gasteiger partial charge in [0.05, 0.1) is 17.0 Å². The van der Waals surface area contributed by atoms with Crippen molar-refractivity contribution in [3.05, 3.63) is 18.3 Å². The molecule has 1 saturated carbocycles. The molecule has 19 heavy (non-hydrogen) atoms. The van der Waals surface area contributed by atoms with Crippen molar-refractivity contribution >= 4 is 15.8 Å². The van der Waals surface area contributed by atoms with E-state index in [9.17, 15) is 8.42 Å². The van der Waals surface area contributed by atoms with Crippen molar-refractivity contribution in [2.45, 2.75) is 36.3 Å². The molecular weight excluding hydrogens is 266 g/mol. The van der Waals surface area contributed by atoms with Gasteiger partial charge in [0.2, 0.25) is 10.0 Å². The van der Waals surface area contributed by atoms with Gasteiger partial charge in [0.1, 0.15) is 5.82 Å². The fraction of sp³-hybridized carbons (Fsp3) is 0.583. The Labute approximate surface area is 112 Å². The van der Waals surface area contributed by atoms with Crippen molar-refractivity contribution in [3.8, 4) is 0 Å². The zero-order valence-corrected chi connectivity index (χ0v) is 11.3. The third kappa shape index (κ3) is 2.72. The third-order valence-corrected chi connectivity index (χ3v) is 5.08. The first-order valence-corrected chi connectivity index (χ1v) is 7.90. The van der Waals surface area contributed by atoms with E-state index in [1.807, 2.05) is 0 Å². The molecule has 2 fully saturated rings. The molecule has 0 spiro atoms. The largest absolute Gasteiger partial charge is 0.384 e.